The van der Waals surface area contributed by atoms with E-state index in [1.807, 2.05) is 13.8 Å². The van der Waals surface area contributed by atoms with Crippen molar-refractivity contribution in [1.82, 2.24) is 0 Å². The van der Waals surface area contributed by atoms with Gasteiger partial charge in [0.15, 0.2) is 0 Å². The van der Waals surface area contributed by atoms with Crippen LogP contribution < -0.4 is 0 Å². The smallest absolute Gasteiger partial charge is 0.0398 e. The fourth-order valence-corrected chi connectivity index (χ4v) is 0.807. The zero-order valence-corrected chi connectivity index (χ0v) is 8.52. The summed E-state index contributed by atoms with van der Waals surface area (Å²) in [5.41, 5.74) is 3.84. The molecule has 0 spiro atoms. The molecule has 0 aliphatic rings. The summed E-state index contributed by atoms with van der Waals surface area (Å²) in [4.78, 5) is 0. The molecule has 0 aromatic heterocycles. The Morgan fingerprint density at radius 1 is 1.08 bits per heavy atom. The highest BCUT2D eigenvalue weighted by atomic mass is 13.9. The summed E-state index contributed by atoms with van der Waals surface area (Å²) in [6, 6.07) is 8.45. The van der Waals surface area contributed by atoms with Gasteiger partial charge in [0.2, 0.25) is 0 Å². The Labute approximate surface area is 75.9 Å². The van der Waals surface area contributed by atoms with E-state index < -0.39 is 0 Å². The molecule has 0 amide bonds. The van der Waals surface area contributed by atoms with Crippen molar-refractivity contribution >= 4 is 0 Å². The van der Waals surface area contributed by atoms with Gasteiger partial charge in [-0.05, 0) is 27.7 Å². The first-order valence-electron chi connectivity index (χ1n) is 4.17. The van der Waals surface area contributed by atoms with Crippen LogP contribution in [0.15, 0.2) is 36.4 Å². The molecule has 1 aromatic rings. The molecule has 0 saturated heterocycles. The minimum Gasteiger partial charge on any atom is -0.100 e. The second kappa shape index (κ2) is 5.59. The van der Waals surface area contributed by atoms with Gasteiger partial charge >= 0.3 is 0 Å². The minimum absolute atomic E-state index is 1.17. The first kappa shape index (κ1) is 11.0. The van der Waals surface area contributed by atoms with Gasteiger partial charge in [-0.15, -0.1) is 6.58 Å². The summed E-state index contributed by atoms with van der Waals surface area (Å²) in [5.74, 6) is 0. The van der Waals surface area contributed by atoms with Crippen molar-refractivity contribution in [3.63, 3.8) is 0 Å². The molecule has 1 rings (SSSR count). The normalized spacial score (nSPS) is 8.33. The number of aryl methyl sites for hydroxylation is 2. The third-order valence-corrected chi connectivity index (χ3v) is 1.17. The van der Waals surface area contributed by atoms with Crippen molar-refractivity contribution in [2.45, 2.75) is 27.7 Å². The van der Waals surface area contributed by atoms with Crippen LogP contribution in [0.4, 0.5) is 0 Å². The molecule has 0 atom stereocenters. The molecule has 0 aliphatic heterocycles. The summed E-state index contributed by atoms with van der Waals surface area (Å²) in [6.45, 7) is 11.7. The first-order valence-corrected chi connectivity index (χ1v) is 4.17. The molecular weight excluding hydrogens is 144 g/mol. The monoisotopic (exact) mass is 162 g/mol. The molecule has 0 saturated carbocycles. The predicted octanol–water partition coefficient (Wildman–Crippen LogP) is 3.89. The molecule has 0 nitrogen and oxygen atoms in total. The Morgan fingerprint density at radius 2 is 1.42 bits per heavy atom. The Bertz CT molecular complexity index is 225. The SMILES string of the molecule is C=C(C)C.Cc1cccc(C)c1. The Morgan fingerprint density at radius 3 is 1.58 bits per heavy atom. The molecule has 0 bridgehead atoms. The van der Waals surface area contributed by atoms with Crippen molar-refractivity contribution in [1.29, 1.82) is 0 Å². The van der Waals surface area contributed by atoms with Crippen LogP contribution in [0.2, 0.25) is 0 Å². The summed E-state index contributed by atoms with van der Waals surface area (Å²) in [6.07, 6.45) is 0. The Balaban J connectivity index is 0.000000261. The van der Waals surface area contributed by atoms with Crippen molar-refractivity contribution in [2.75, 3.05) is 0 Å². The molecule has 0 radical (unpaired) electrons. The third-order valence-electron chi connectivity index (χ3n) is 1.17. The Hall–Kier alpha value is -1.04. The van der Waals surface area contributed by atoms with Gasteiger partial charge in [0.25, 0.3) is 0 Å². The molecule has 12 heavy (non-hydrogen) atoms. The first-order chi connectivity index (χ1) is 5.52. The third kappa shape index (κ3) is 7.07. The van der Waals surface area contributed by atoms with Gasteiger partial charge in [-0.1, -0.05) is 41.0 Å². The van der Waals surface area contributed by atoms with E-state index in [-0.39, 0.29) is 0 Å². The lowest BCUT2D eigenvalue weighted by atomic mass is 10.2. The summed E-state index contributed by atoms with van der Waals surface area (Å²) in [7, 11) is 0. The van der Waals surface area contributed by atoms with E-state index in [0.717, 1.165) is 0 Å². The van der Waals surface area contributed by atoms with Crippen LogP contribution in [0.5, 0.6) is 0 Å². The fraction of sp³-hybridized carbons (Fsp3) is 0.333. The van der Waals surface area contributed by atoms with Crippen molar-refractivity contribution in [2.24, 2.45) is 0 Å². The number of benzene rings is 1. The van der Waals surface area contributed by atoms with Gasteiger partial charge in [-0.25, -0.2) is 0 Å². The molecule has 0 heteroatoms. The summed E-state index contributed by atoms with van der Waals surface area (Å²) >= 11 is 0. The highest BCUT2D eigenvalue weighted by molar-refractivity contribution is 5.20. The molecule has 0 unspecified atom stereocenters. The van der Waals surface area contributed by atoms with Gasteiger partial charge in [-0.3, -0.25) is 0 Å². The highest BCUT2D eigenvalue weighted by Gasteiger charge is 1.80. The van der Waals surface area contributed by atoms with E-state index in [9.17, 15) is 0 Å². The maximum absolute atomic E-state index is 3.56. The average Bonchev–Trinajstić information content (AvgIpc) is 1.84. The predicted molar refractivity (Wildman–Crippen MR) is 56.4 cm³/mol. The second-order valence-electron chi connectivity index (χ2n) is 3.37. The number of rotatable bonds is 0. The molecular formula is C12H18. The van der Waals surface area contributed by atoms with E-state index in [1.165, 1.54) is 16.7 Å². The van der Waals surface area contributed by atoms with Crippen LogP contribution in [0.3, 0.4) is 0 Å². The zero-order chi connectivity index (χ0) is 9.56. The fourth-order valence-electron chi connectivity index (χ4n) is 0.807. The van der Waals surface area contributed by atoms with E-state index in [4.69, 9.17) is 0 Å². The van der Waals surface area contributed by atoms with Crippen molar-refractivity contribution in [3.8, 4) is 0 Å². The largest absolute Gasteiger partial charge is 0.100 e. The second-order valence-corrected chi connectivity index (χ2v) is 3.37. The number of allylic oxidation sites excluding steroid dienone is 1. The molecule has 1 aromatic carbocycles. The number of hydrogen-bond donors (Lipinski definition) is 0. The van der Waals surface area contributed by atoms with Crippen molar-refractivity contribution < 1.29 is 0 Å². The van der Waals surface area contributed by atoms with Crippen LogP contribution in [0, 0.1) is 13.8 Å². The summed E-state index contributed by atoms with van der Waals surface area (Å²) in [5, 5.41) is 0. The van der Waals surface area contributed by atoms with Crippen LogP contribution in [0.1, 0.15) is 25.0 Å². The molecule has 0 aliphatic carbocycles. The van der Waals surface area contributed by atoms with Gasteiger partial charge in [0.05, 0.1) is 0 Å². The molecule has 0 N–H and O–H groups in total. The van der Waals surface area contributed by atoms with Gasteiger partial charge < -0.3 is 0 Å². The van der Waals surface area contributed by atoms with Crippen LogP contribution in [-0.4, -0.2) is 0 Å². The Kier molecular flexibility index (Phi) is 5.11. The van der Waals surface area contributed by atoms with Gasteiger partial charge in [0, 0.05) is 0 Å². The maximum Gasteiger partial charge on any atom is -0.0398 e. The lowest BCUT2D eigenvalue weighted by Crippen LogP contribution is -1.71. The van der Waals surface area contributed by atoms with Crippen LogP contribution in [-0.2, 0) is 0 Å². The van der Waals surface area contributed by atoms with Crippen molar-refractivity contribution in [3.05, 3.63) is 47.5 Å². The van der Waals surface area contributed by atoms with Gasteiger partial charge in [-0.2, -0.15) is 0 Å². The maximum atomic E-state index is 3.56. The van der Waals surface area contributed by atoms with E-state index in [2.05, 4.69) is 44.7 Å². The highest BCUT2D eigenvalue weighted by Crippen LogP contribution is 2.00. The minimum atomic E-state index is 1.17. The standard InChI is InChI=1S/C8H10.C4H8/c1-7-4-3-5-8(2)6-7;1-4(2)3/h3-6H,1-2H3;1H2,2-3H3. The topological polar surface area (TPSA) is 0 Å². The van der Waals surface area contributed by atoms with Crippen LogP contribution >= 0.6 is 0 Å². The average molecular weight is 162 g/mol. The lowest BCUT2D eigenvalue weighted by molar-refractivity contribution is 1.39. The molecule has 0 fully saturated rings. The lowest BCUT2D eigenvalue weighted by Gasteiger charge is -1.90. The summed E-state index contributed by atoms with van der Waals surface area (Å²) < 4.78 is 0. The molecule has 0 heterocycles. The van der Waals surface area contributed by atoms with Crippen LogP contribution in [0.25, 0.3) is 0 Å². The quantitative estimate of drug-likeness (QED) is 0.508. The van der Waals surface area contributed by atoms with Gasteiger partial charge in [0.1, 0.15) is 0 Å². The van der Waals surface area contributed by atoms with E-state index in [1.54, 1.807) is 0 Å². The molecule has 66 valence electrons. The number of hydrogen-bond acceptors (Lipinski definition) is 0. The van der Waals surface area contributed by atoms with E-state index >= 15 is 0 Å². The van der Waals surface area contributed by atoms with E-state index in [0.29, 0.717) is 0 Å². The zero-order valence-electron chi connectivity index (χ0n) is 8.52.